The molecule has 1 aliphatic heterocycles. The number of carboxylic acid groups (broad SMARTS) is 1. The van der Waals surface area contributed by atoms with E-state index in [1.54, 1.807) is 0 Å². The number of nitrogens with zero attached hydrogens (tertiary/aromatic N) is 1. The van der Waals surface area contributed by atoms with Crippen molar-refractivity contribution in [3.63, 3.8) is 0 Å². The summed E-state index contributed by atoms with van der Waals surface area (Å²) in [5.41, 5.74) is 0. The Kier molecular flexibility index (Phi) is 24.5. The van der Waals surface area contributed by atoms with Crippen molar-refractivity contribution < 1.29 is 65.0 Å². The summed E-state index contributed by atoms with van der Waals surface area (Å²) in [5.74, 6) is -1.17. The molecule has 1 heterocycles. The number of aliphatic hydroxyl groups excluding tert-OH is 8. The molecule has 9 N–H and O–H groups in total. The molecule has 14 nitrogen and oxygen atoms in total. The van der Waals surface area contributed by atoms with E-state index in [0.29, 0.717) is 25.7 Å². The number of unbranched alkanes of at least 4 members (excludes halogenated alkanes) is 14. The Labute approximate surface area is 285 Å². The second-order valence-electron chi connectivity index (χ2n) is 13.1. The number of carbonyl (C=O) groups excluding carboxylic acids is 1. The number of carboxylic acids is 1. The van der Waals surface area contributed by atoms with E-state index in [4.69, 9.17) is 14.6 Å². The van der Waals surface area contributed by atoms with Gasteiger partial charge in [0.2, 0.25) is 5.91 Å². The van der Waals surface area contributed by atoms with Crippen molar-refractivity contribution in [3.8, 4) is 0 Å². The van der Waals surface area contributed by atoms with Crippen LogP contribution in [0.1, 0.15) is 122 Å². The molecule has 14 heteroatoms. The first kappa shape index (κ1) is 44.6. The van der Waals surface area contributed by atoms with Gasteiger partial charge in [-0.3, -0.25) is 9.59 Å². The molecule has 1 aliphatic rings. The van der Waals surface area contributed by atoms with Crippen LogP contribution in [0.25, 0.3) is 0 Å². The Morgan fingerprint density at radius 1 is 0.708 bits per heavy atom. The topological polar surface area (TPSA) is 238 Å². The summed E-state index contributed by atoms with van der Waals surface area (Å²) < 4.78 is 10.8. The number of carbonyl (C=O) groups is 2. The maximum Gasteiger partial charge on any atom is 0.303 e. The molecule has 1 fully saturated rings. The molecular weight excluding hydrogens is 630 g/mol. The van der Waals surface area contributed by atoms with E-state index >= 15 is 0 Å². The lowest BCUT2D eigenvalue weighted by molar-refractivity contribution is -0.327. The fourth-order valence-electron chi connectivity index (χ4n) is 5.92. The van der Waals surface area contributed by atoms with Gasteiger partial charge in [0.15, 0.2) is 6.29 Å². The maximum absolute atomic E-state index is 13.2. The van der Waals surface area contributed by atoms with Crippen LogP contribution in [0, 0.1) is 0 Å². The molecule has 0 bridgehead atoms. The van der Waals surface area contributed by atoms with Gasteiger partial charge in [-0.25, -0.2) is 0 Å². The van der Waals surface area contributed by atoms with E-state index in [1.165, 1.54) is 62.7 Å². The Hall–Kier alpha value is -1.46. The van der Waals surface area contributed by atoms with Gasteiger partial charge in [-0.15, -0.1) is 0 Å². The van der Waals surface area contributed by atoms with Crippen LogP contribution in [-0.4, -0.2) is 144 Å². The highest BCUT2D eigenvalue weighted by atomic mass is 16.7. The van der Waals surface area contributed by atoms with Crippen LogP contribution in [0.3, 0.4) is 0 Å². The van der Waals surface area contributed by atoms with Crippen LogP contribution in [0.4, 0.5) is 0 Å². The van der Waals surface area contributed by atoms with E-state index < -0.39 is 74.3 Å². The highest BCUT2D eigenvalue weighted by molar-refractivity contribution is 5.76. The van der Waals surface area contributed by atoms with E-state index in [2.05, 4.69) is 6.92 Å². The molecule has 0 aromatic rings. The van der Waals surface area contributed by atoms with Crippen molar-refractivity contribution in [3.05, 3.63) is 0 Å². The molecule has 284 valence electrons. The lowest BCUT2D eigenvalue weighted by atomic mass is 9.98. The Balaban J connectivity index is 2.70. The van der Waals surface area contributed by atoms with E-state index in [9.17, 15) is 50.4 Å². The van der Waals surface area contributed by atoms with Crippen molar-refractivity contribution in [1.82, 2.24) is 4.90 Å². The summed E-state index contributed by atoms with van der Waals surface area (Å²) in [6, 6.07) is 0. The van der Waals surface area contributed by atoms with Crippen LogP contribution in [0.15, 0.2) is 0 Å². The zero-order valence-corrected chi connectivity index (χ0v) is 28.9. The van der Waals surface area contributed by atoms with Crippen LogP contribution < -0.4 is 0 Å². The van der Waals surface area contributed by atoms with Gasteiger partial charge >= 0.3 is 5.97 Å². The van der Waals surface area contributed by atoms with Gasteiger partial charge in [-0.1, -0.05) is 90.4 Å². The van der Waals surface area contributed by atoms with Crippen molar-refractivity contribution in [1.29, 1.82) is 0 Å². The lowest BCUT2D eigenvalue weighted by Crippen LogP contribution is -2.61. The van der Waals surface area contributed by atoms with Crippen molar-refractivity contribution in [2.24, 2.45) is 0 Å². The fourth-order valence-corrected chi connectivity index (χ4v) is 5.92. The minimum atomic E-state index is -1.90. The molecule has 1 saturated heterocycles. The van der Waals surface area contributed by atoms with Crippen LogP contribution >= 0.6 is 0 Å². The largest absolute Gasteiger partial charge is 0.481 e. The molecule has 0 unspecified atom stereocenters. The average molecular weight is 696 g/mol. The van der Waals surface area contributed by atoms with Gasteiger partial charge in [0.05, 0.1) is 13.2 Å². The van der Waals surface area contributed by atoms with Crippen LogP contribution in [0.5, 0.6) is 0 Å². The Morgan fingerprint density at radius 3 is 1.75 bits per heavy atom. The van der Waals surface area contributed by atoms with E-state index in [1.807, 2.05) is 0 Å². The highest BCUT2D eigenvalue weighted by Gasteiger charge is 2.47. The second kappa shape index (κ2) is 26.4. The van der Waals surface area contributed by atoms with Crippen molar-refractivity contribution in [2.45, 2.75) is 178 Å². The number of rotatable bonds is 29. The second-order valence-corrected chi connectivity index (χ2v) is 13.1. The smallest absolute Gasteiger partial charge is 0.303 e. The zero-order valence-electron chi connectivity index (χ0n) is 28.9. The van der Waals surface area contributed by atoms with Crippen molar-refractivity contribution >= 4 is 11.9 Å². The molecule has 0 aromatic heterocycles. The lowest BCUT2D eigenvalue weighted by Gasteiger charge is -2.42. The summed E-state index contributed by atoms with van der Waals surface area (Å²) in [7, 11) is 0. The summed E-state index contributed by atoms with van der Waals surface area (Å²) in [6.45, 7) is 0.393. The van der Waals surface area contributed by atoms with Gasteiger partial charge in [0.25, 0.3) is 0 Å². The molecule has 0 saturated carbocycles. The quantitative estimate of drug-likeness (QED) is 0.0501. The Morgan fingerprint density at radius 2 is 1.23 bits per heavy atom. The number of hydrogen-bond donors (Lipinski definition) is 9. The standard InChI is InChI=1S/C34H65NO13/c1-2-3-4-5-6-7-8-9-10-11-12-13-15-18-27(40)35(20-17-14-16-19-28(41)42)21-24(38)29(43)33(25(39)22-36)48-34-32(46)31(45)30(44)26(23-37)47-34/h24-26,29-34,36-39,43-46H,2-23H2,1H3,(H,41,42)/t24-,25+,26+,29+,30-,31-,32+,33+,34-/m0/s1. The van der Waals surface area contributed by atoms with Gasteiger partial charge in [-0.2, -0.15) is 0 Å². The number of hydrogen-bond acceptors (Lipinski definition) is 12. The first-order chi connectivity index (χ1) is 23.0. The maximum atomic E-state index is 13.2. The molecule has 1 amide bonds. The minimum Gasteiger partial charge on any atom is -0.481 e. The minimum absolute atomic E-state index is 0.00966. The molecule has 1 rings (SSSR count). The van der Waals surface area contributed by atoms with E-state index in [0.717, 1.165) is 19.3 Å². The number of ether oxygens (including phenoxy) is 2. The van der Waals surface area contributed by atoms with Crippen LogP contribution in [-0.2, 0) is 19.1 Å². The molecule has 0 aromatic carbocycles. The van der Waals surface area contributed by atoms with Gasteiger partial charge in [0.1, 0.15) is 48.8 Å². The summed E-state index contributed by atoms with van der Waals surface area (Å²) in [6.07, 6.45) is 1.14. The van der Waals surface area contributed by atoms with E-state index in [-0.39, 0.29) is 31.8 Å². The predicted molar refractivity (Wildman–Crippen MR) is 177 cm³/mol. The molecular formula is C34H65NO13. The third-order valence-electron chi connectivity index (χ3n) is 9.01. The zero-order chi connectivity index (χ0) is 35.9. The molecule has 48 heavy (non-hydrogen) atoms. The summed E-state index contributed by atoms with van der Waals surface area (Å²) in [4.78, 5) is 25.5. The molecule has 0 spiro atoms. The molecule has 9 atom stereocenters. The SMILES string of the molecule is CCCCCCCCCCCCCCCC(=O)N(CCCCCC(=O)O)C[C@H](O)[C@@H](O)[C@H](O[C@@H]1O[C@H](CO)[C@H](O)[C@H](O)[C@H]1O)[C@H](O)CO. The number of aliphatic carboxylic acids is 1. The van der Waals surface area contributed by atoms with Crippen LogP contribution in [0.2, 0.25) is 0 Å². The summed E-state index contributed by atoms with van der Waals surface area (Å²) in [5, 5.41) is 90.7. The van der Waals surface area contributed by atoms with Gasteiger partial charge in [-0.05, 0) is 19.3 Å². The third-order valence-corrected chi connectivity index (χ3v) is 9.01. The normalized spacial score (nSPS) is 23.8. The monoisotopic (exact) mass is 695 g/mol. The fraction of sp³-hybridized carbons (Fsp3) is 0.941. The molecule has 0 radical (unpaired) electrons. The van der Waals surface area contributed by atoms with Gasteiger partial charge in [0, 0.05) is 25.9 Å². The van der Waals surface area contributed by atoms with Gasteiger partial charge < -0.3 is 60.3 Å². The number of amides is 1. The highest BCUT2D eigenvalue weighted by Crippen LogP contribution is 2.25. The molecule has 0 aliphatic carbocycles. The average Bonchev–Trinajstić information content (AvgIpc) is 3.07. The van der Waals surface area contributed by atoms with Crippen molar-refractivity contribution in [2.75, 3.05) is 26.3 Å². The third kappa shape index (κ3) is 17.5. The predicted octanol–water partition coefficient (Wildman–Crippen LogP) is 1.20. The Bertz CT molecular complexity index is 835. The first-order valence-electron chi connectivity index (χ1n) is 18.1. The number of aliphatic hydroxyl groups is 8. The first-order valence-corrected chi connectivity index (χ1v) is 18.1. The summed E-state index contributed by atoms with van der Waals surface area (Å²) >= 11 is 0.